The summed E-state index contributed by atoms with van der Waals surface area (Å²) in [5.74, 6) is -1.60. The van der Waals surface area contributed by atoms with Crippen molar-refractivity contribution in [2.75, 3.05) is 6.54 Å². The van der Waals surface area contributed by atoms with Crippen LogP contribution in [0.25, 0.3) is 10.9 Å². The third kappa shape index (κ3) is 4.76. The van der Waals surface area contributed by atoms with Crippen LogP contribution in [0.1, 0.15) is 33.0 Å². The molecule has 200 valence electrons. The molecular weight excluding hydrogens is 528 g/mol. The van der Waals surface area contributed by atoms with E-state index in [0.29, 0.717) is 27.5 Å². The standard InChI is InChI=1S/C24H22F4N6O3S/c1-14-22(38(36,37)33-8-6-19-15(12-33)10-31-32-19)9-21(34(14)13-24(26,27)28)23(35)30-11-17-16-3-2-7-29-20(16)5-4-18(17)25/h2-5,7,9-10H,6,8,11-13H2,1H3,(H,30,35)(H,31,32). The van der Waals surface area contributed by atoms with Gasteiger partial charge in [0.25, 0.3) is 5.91 Å². The third-order valence-corrected chi connectivity index (χ3v) is 8.50. The average Bonchev–Trinajstić information content (AvgIpc) is 3.47. The summed E-state index contributed by atoms with van der Waals surface area (Å²) in [4.78, 5) is 16.8. The van der Waals surface area contributed by atoms with E-state index in [1.54, 1.807) is 12.1 Å². The molecule has 4 heterocycles. The molecule has 1 amide bonds. The number of halogens is 4. The summed E-state index contributed by atoms with van der Waals surface area (Å²) < 4.78 is 83.6. The van der Waals surface area contributed by atoms with Crippen LogP contribution in [-0.4, -0.2) is 51.1 Å². The predicted octanol–water partition coefficient (Wildman–Crippen LogP) is 3.45. The van der Waals surface area contributed by atoms with Crippen LogP contribution in [0.4, 0.5) is 17.6 Å². The van der Waals surface area contributed by atoms with Gasteiger partial charge >= 0.3 is 6.18 Å². The quantitative estimate of drug-likeness (QED) is 0.357. The Morgan fingerprint density at radius 1 is 1.24 bits per heavy atom. The highest BCUT2D eigenvalue weighted by Gasteiger charge is 2.36. The Balaban J connectivity index is 1.48. The van der Waals surface area contributed by atoms with Crippen molar-refractivity contribution >= 4 is 26.8 Å². The van der Waals surface area contributed by atoms with E-state index in [1.807, 2.05) is 0 Å². The second-order valence-electron chi connectivity index (χ2n) is 8.92. The summed E-state index contributed by atoms with van der Waals surface area (Å²) >= 11 is 0. The highest BCUT2D eigenvalue weighted by Crippen LogP contribution is 2.30. The fourth-order valence-electron chi connectivity index (χ4n) is 4.62. The minimum Gasteiger partial charge on any atom is -0.347 e. The molecule has 0 unspecified atom stereocenters. The molecule has 4 aromatic rings. The number of carbonyl (C=O) groups excluding carboxylic acids is 1. The fraction of sp³-hybridized carbons (Fsp3) is 0.292. The van der Waals surface area contributed by atoms with Crippen LogP contribution in [0, 0.1) is 12.7 Å². The van der Waals surface area contributed by atoms with E-state index < -0.39 is 45.1 Å². The maximum atomic E-state index is 14.6. The summed E-state index contributed by atoms with van der Waals surface area (Å²) in [6, 6.07) is 6.80. The lowest BCUT2D eigenvalue weighted by molar-refractivity contribution is -0.141. The maximum absolute atomic E-state index is 14.6. The molecule has 38 heavy (non-hydrogen) atoms. The molecule has 1 aromatic carbocycles. The summed E-state index contributed by atoms with van der Waals surface area (Å²) in [5, 5.41) is 9.57. The summed E-state index contributed by atoms with van der Waals surface area (Å²) in [5.41, 5.74) is 1.30. The minimum absolute atomic E-state index is 0.00597. The van der Waals surface area contributed by atoms with Crippen molar-refractivity contribution in [1.82, 2.24) is 29.4 Å². The number of hydrogen-bond acceptors (Lipinski definition) is 5. The summed E-state index contributed by atoms with van der Waals surface area (Å²) in [6.45, 7) is -0.610. The summed E-state index contributed by atoms with van der Waals surface area (Å²) in [7, 11) is -4.25. The number of pyridine rings is 1. The van der Waals surface area contributed by atoms with Gasteiger partial charge in [0.2, 0.25) is 10.0 Å². The molecule has 3 aromatic heterocycles. The van der Waals surface area contributed by atoms with Gasteiger partial charge in [-0.1, -0.05) is 6.07 Å². The first-order valence-corrected chi connectivity index (χ1v) is 13.0. The first kappa shape index (κ1) is 25.9. The number of sulfonamides is 1. The van der Waals surface area contributed by atoms with E-state index in [1.165, 1.54) is 31.5 Å². The number of nitrogens with one attached hydrogen (secondary N) is 2. The van der Waals surface area contributed by atoms with Gasteiger partial charge < -0.3 is 9.88 Å². The van der Waals surface area contributed by atoms with Crippen molar-refractivity contribution in [3.05, 3.63) is 76.8 Å². The predicted molar refractivity (Wildman–Crippen MR) is 128 cm³/mol. The number of alkyl halides is 3. The topological polar surface area (TPSA) is 113 Å². The van der Waals surface area contributed by atoms with Gasteiger partial charge in [0.1, 0.15) is 23.0 Å². The lowest BCUT2D eigenvalue weighted by Crippen LogP contribution is -2.36. The molecule has 0 saturated carbocycles. The Morgan fingerprint density at radius 3 is 2.79 bits per heavy atom. The molecule has 0 atom stereocenters. The van der Waals surface area contributed by atoms with Gasteiger partial charge in [0.15, 0.2) is 0 Å². The Kier molecular flexibility index (Phi) is 6.47. The highest BCUT2D eigenvalue weighted by molar-refractivity contribution is 7.89. The normalized spacial score (nSPS) is 14.6. The molecule has 0 fully saturated rings. The molecule has 1 aliphatic rings. The van der Waals surface area contributed by atoms with E-state index in [2.05, 4.69) is 20.5 Å². The number of hydrogen-bond donors (Lipinski definition) is 2. The Bertz CT molecular complexity index is 1640. The number of rotatable bonds is 6. The van der Waals surface area contributed by atoms with Crippen molar-refractivity contribution in [2.24, 2.45) is 0 Å². The number of nitrogens with zero attached hydrogens (tertiary/aromatic N) is 4. The summed E-state index contributed by atoms with van der Waals surface area (Å²) in [6.07, 6.45) is -1.35. The van der Waals surface area contributed by atoms with Crippen LogP contribution in [-0.2, 0) is 36.1 Å². The Hall–Kier alpha value is -3.78. The smallest absolute Gasteiger partial charge is 0.347 e. The Morgan fingerprint density at radius 2 is 2.03 bits per heavy atom. The van der Waals surface area contributed by atoms with Gasteiger partial charge in [-0.05, 0) is 31.2 Å². The van der Waals surface area contributed by atoms with Gasteiger partial charge in [-0.15, -0.1) is 0 Å². The van der Waals surface area contributed by atoms with Gasteiger partial charge in [-0.25, -0.2) is 12.8 Å². The van der Waals surface area contributed by atoms with E-state index in [-0.39, 0.29) is 30.9 Å². The van der Waals surface area contributed by atoms with Crippen molar-refractivity contribution in [3.63, 3.8) is 0 Å². The first-order valence-electron chi connectivity index (χ1n) is 11.5. The minimum atomic E-state index is -4.73. The average molecular weight is 551 g/mol. The molecule has 1 aliphatic heterocycles. The molecule has 14 heteroatoms. The monoisotopic (exact) mass is 550 g/mol. The van der Waals surface area contributed by atoms with E-state index in [9.17, 15) is 30.8 Å². The van der Waals surface area contributed by atoms with Crippen LogP contribution in [0.5, 0.6) is 0 Å². The fourth-order valence-corrected chi connectivity index (χ4v) is 6.28. The Labute approximate surface area is 214 Å². The molecule has 0 saturated heterocycles. The van der Waals surface area contributed by atoms with Crippen LogP contribution in [0.2, 0.25) is 0 Å². The van der Waals surface area contributed by atoms with Crippen LogP contribution < -0.4 is 5.32 Å². The zero-order valence-electron chi connectivity index (χ0n) is 20.0. The van der Waals surface area contributed by atoms with Crippen molar-refractivity contribution in [2.45, 2.75) is 44.1 Å². The second-order valence-corrected chi connectivity index (χ2v) is 10.8. The molecule has 2 N–H and O–H groups in total. The van der Waals surface area contributed by atoms with Gasteiger partial charge in [-0.2, -0.15) is 22.6 Å². The van der Waals surface area contributed by atoms with Gasteiger partial charge in [-0.3, -0.25) is 14.9 Å². The van der Waals surface area contributed by atoms with Gasteiger partial charge in [0, 0.05) is 60.2 Å². The maximum Gasteiger partial charge on any atom is 0.406 e. The van der Waals surface area contributed by atoms with Crippen molar-refractivity contribution in [1.29, 1.82) is 0 Å². The SMILES string of the molecule is Cc1c(S(=O)(=O)N2CCc3[nH]ncc3C2)cc(C(=O)NCc2c(F)ccc3ncccc23)n1CC(F)(F)F. The molecular formula is C24H22F4N6O3S. The van der Waals surface area contributed by atoms with E-state index in [0.717, 1.165) is 16.1 Å². The molecule has 0 radical (unpaired) electrons. The lowest BCUT2D eigenvalue weighted by Gasteiger charge is -2.25. The molecule has 9 nitrogen and oxygen atoms in total. The highest BCUT2D eigenvalue weighted by atomic mass is 32.2. The molecule has 5 rings (SSSR count). The number of benzene rings is 1. The number of fused-ring (bicyclic) bond motifs is 2. The molecule has 0 aliphatic carbocycles. The first-order chi connectivity index (χ1) is 18.0. The largest absolute Gasteiger partial charge is 0.406 e. The second kappa shape index (κ2) is 9.51. The van der Waals surface area contributed by atoms with Crippen LogP contribution in [0.3, 0.4) is 0 Å². The van der Waals surface area contributed by atoms with Crippen molar-refractivity contribution < 1.29 is 30.8 Å². The van der Waals surface area contributed by atoms with E-state index >= 15 is 0 Å². The van der Waals surface area contributed by atoms with Crippen LogP contribution in [0.15, 0.2) is 47.6 Å². The van der Waals surface area contributed by atoms with Crippen LogP contribution >= 0.6 is 0 Å². The zero-order chi connectivity index (χ0) is 27.2. The third-order valence-electron chi connectivity index (χ3n) is 6.54. The molecule has 0 spiro atoms. The number of aromatic nitrogens is 4. The number of H-pyrrole nitrogens is 1. The number of amides is 1. The molecule has 0 bridgehead atoms. The number of carbonyl (C=O) groups is 1. The number of aromatic amines is 1. The van der Waals surface area contributed by atoms with Crippen molar-refractivity contribution in [3.8, 4) is 0 Å². The van der Waals surface area contributed by atoms with Gasteiger partial charge in [0.05, 0.1) is 11.7 Å². The zero-order valence-corrected chi connectivity index (χ0v) is 20.8. The lowest BCUT2D eigenvalue weighted by atomic mass is 10.1. The van der Waals surface area contributed by atoms with E-state index in [4.69, 9.17) is 0 Å².